The fourth-order valence-corrected chi connectivity index (χ4v) is 4.47. The number of benzene rings is 4. The van der Waals surface area contributed by atoms with Crippen LogP contribution >= 0.6 is 0 Å². The molecular weight excluding hydrogens is 763 g/mol. The smallest absolute Gasteiger partial charge is 0.341 e. The quantitative estimate of drug-likeness (QED) is 0.124. The molecule has 300 valence electrons. The molecular formula is C38H35F13N2O2. The zero-order valence-corrected chi connectivity index (χ0v) is 29.5. The Hall–Kier alpha value is -5.08. The first-order valence-electron chi connectivity index (χ1n) is 15.8. The van der Waals surface area contributed by atoms with Gasteiger partial charge in [-0.25, -0.2) is 22.0 Å². The summed E-state index contributed by atoms with van der Waals surface area (Å²) in [5, 5.41) is 5.12. The van der Waals surface area contributed by atoms with E-state index in [1.165, 1.54) is 11.1 Å². The lowest BCUT2D eigenvalue weighted by Crippen LogP contribution is -2.31. The molecule has 0 unspecified atom stereocenters. The van der Waals surface area contributed by atoms with Gasteiger partial charge in [-0.15, -0.1) is 12.8 Å². The van der Waals surface area contributed by atoms with Crippen LogP contribution in [0, 0.1) is 37.2 Å². The van der Waals surface area contributed by atoms with E-state index in [1.54, 1.807) is 0 Å². The molecule has 0 spiro atoms. The van der Waals surface area contributed by atoms with Crippen LogP contribution in [-0.2, 0) is 30.2 Å². The summed E-state index contributed by atoms with van der Waals surface area (Å²) in [5.74, 6) is -6.25. The maximum atomic E-state index is 14.4. The van der Waals surface area contributed by atoms with E-state index in [9.17, 15) is 61.9 Å². The van der Waals surface area contributed by atoms with Gasteiger partial charge in [-0.3, -0.25) is 4.79 Å². The van der Waals surface area contributed by atoms with Crippen LogP contribution in [-0.4, -0.2) is 25.5 Å². The van der Waals surface area contributed by atoms with Crippen molar-refractivity contribution < 1.29 is 66.6 Å². The number of nitrogens with one attached hydrogen (secondary N) is 2. The molecule has 1 amide bonds. The highest BCUT2D eigenvalue weighted by molar-refractivity contribution is 5.95. The molecule has 0 saturated carbocycles. The van der Waals surface area contributed by atoms with Crippen molar-refractivity contribution >= 4 is 5.91 Å². The maximum Gasteiger partial charge on any atom is 0.419 e. The highest BCUT2D eigenvalue weighted by atomic mass is 19.4. The third-order valence-electron chi connectivity index (χ3n) is 6.94. The number of carbonyl (C=O) groups is 1. The lowest BCUT2D eigenvalue weighted by atomic mass is 9.94. The van der Waals surface area contributed by atoms with Crippen molar-refractivity contribution in [3.63, 3.8) is 0 Å². The Kier molecular flexibility index (Phi) is 18.4. The van der Waals surface area contributed by atoms with Gasteiger partial charge in [0.05, 0.1) is 23.8 Å². The van der Waals surface area contributed by atoms with Crippen LogP contribution in [0.5, 0.6) is 0 Å². The number of amides is 1. The second-order valence-corrected chi connectivity index (χ2v) is 10.9. The van der Waals surface area contributed by atoms with Crippen LogP contribution in [0.2, 0.25) is 0 Å². The van der Waals surface area contributed by atoms with Crippen molar-refractivity contribution in [2.24, 2.45) is 0 Å². The van der Waals surface area contributed by atoms with Crippen LogP contribution in [0.3, 0.4) is 0 Å². The number of hydrogen-bond acceptors (Lipinski definition) is 3. The molecule has 4 aromatic rings. The molecule has 0 aromatic heterocycles. The van der Waals surface area contributed by atoms with Gasteiger partial charge in [0.15, 0.2) is 0 Å². The summed E-state index contributed by atoms with van der Waals surface area (Å²) in [6.07, 6.45) is -11.8. The molecule has 0 fully saturated rings. The van der Waals surface area contributed by atoms with Gasteiger partial charge in [-0.2, -0.15) is 35.1 Å². The molecule has 0 saturated heterocycles. The Morgan fingerprint density at radius 2 is 1.24 bits per heavy atom. The molecule has 4 nitrogen and oxygen atoms in total. The molecule has 4 rings (SSSR count). The van der Waals surface area contributed by atoms with Gasteiger partial charge in [-0.1, -0.05) is 55.8 Å². The van der Waals surface area contributed by atoms with Crippen molar-refractivity contribution in [1.82, 2.24) is 10.6 Å². The minimum Gasteiger partial charge on any atom is -0.341 e. The monoisotopic (exact) mass is 798 g/mol. The first kappa shape index (κ1) is 47.9. The Morgan fingerprint density at radius 3 is 1.75 bits per heavy atom. The normalized spacial score (nSPS) is 11.9. The molecule has 17 heteroatoms. The summed E-state index contributed by atoms with van der Waals surface area (Å²) in [6.45, 7) is 5.70. The van der Waals surface area contributed by atoms with Gasteiger partial charge < -0.3 is 15.4 Å². The largest absolute Gasteiger partial charge is 0.419 e. The molecule has 0 aliphatic heterocycles. The van der Waals surface area contributed by atoms with Crippen LogP contribution in [0.1, 0.15) is 69.2 Å². The van der Waals surface area contributed by atoms with Gasteiger partial charge in [-0.05, 0) is 78.7 Å². The van der Waals surface area contributed by atoms with Crippen LogP contribution in [0.15, 0.2) is 78.9 Å². The number of terminal acetylenes is 1. The summed E-state index contributed by atoms with van der Waals surface area (Å²) in [4.78, 5) is 12.8. The summed E-state index contributed by atoms with van der Waals surface area (Å²) in [6, 6.07) is 10.7. The standard InChI is InChI=1S/C25H14F13NO2.C9H13N.C2H6.C2H2/c26-15-6-11(10-41-25(37,38)22(29)30)5-14(7-15)20(12-1-3-18(27)16(8-12)23(31,32)33)39-21(40)13-2-4-19(28)17(9-13)24(34,35)36;1-8-3-5-9(6-4-8)7-10-2;2*1-2/h1-9,20,22H,10H2,(H,39,40);3-6,10H,7H2,1-2H3;1-2H3;1-2H/t20-;;;/m1.../s1. The Labute approximate surface area is 308 Å². The van der Waals surface area contributed by atoms with E-state index in [2.05, 4.69) is 54.1 Å². The predicted molar refractivity (Wildman–Crippen MR) is 179 cm³/mol. The van der Waals surface area contributed by atoms with Crippen LogP contribution in [0.25, 0.3) is 0 Å². The predicted octanol–water partition coefficient (Wildman–Crippen LogP) is 11.0. The second-order valence-electron chi connectivity index (χ2n) is 10.9. The molecule has 0 bridgehead atoms. The number of halogens is 13. The highest BCUT2D eigenvalue weighted by Gasteiger charge is 2.42. The average molecular weight is 799 g/mol. The van der Waals surface area contributed by atoms with E-state index in [-0.39, 0.29) is 18.2 Å². The van der Waals surface area contributed by atoms with Crippen LogP contribution in [0.4, 0.5) is 57.1 Å². The molecule has 55 heavy (non-hydrogen) atoms. The third-order valence-corrected chi connectivity index (χ3v) is 6.94. The van der Waals surface area contributed by atoms with Crippen molar-refractivity contribution in [1.29, 1.82) is 0 Å². The minimum atomic E-state index is -5.28. The SMILES string of the molecule is C#C.CC.CNCc1ccc(C)cc1.O=C(N[C@@H](c1cc(F)cc(COC(F)(F)C(F)F)c1)c1ccc(F)c(C(F)(F)F)c1)c1ccc(F)c(C(F)(F)F)c1. The lowest BCUT2D eigenvalue weighted by molar-refractivity contribution is -0.305. The Balaban J connectivity index is 0.000000916. The van der Waals surface area contributed by atoms with Gasteiger partial charge in [0.2, 0.25) is 0 Å². The van der Waals surface area contributed by atoms with Crippen molar-refractivity contribution in [2.75, 3.05) is 7.05 Å². The fourth-order valence-electron chi connectivity index (χ4n) is 4.47. The number of aryl methyl sites for hydroxylation is 1. The Morgan fingerprint density at radius 1 is 0.709 bits per heavy atom. The molecule has 0 radical (unpaired) electrons. The summed E-state index contributed by atoms with van der Waals surface area (Å²) in [5.41, 5.74) is -3.62. The molecule has 4 aromatic carbocycles. The first-order chi connectivity index (χ1) is 25.6. The van der Waals surface area contributed by atoms with Crippen LogP contribution < -0.4 is 10.6 Å². The van der Waals surface area contributed by atoms with E-state index < -0.39 is 94.3 Å². The fraction of sp³-hybridized carbons (Fsp3) is 0.289. The molecule has 2 N–H and O–H groups in total. The maximum absolute atomic E-state index is 14.4. The zero-order chi connectivity index (χ0) is 42.3. The van der Waals surface area contributed by atoms with Crippen molar-refractivity contribution in [2.45, 2.75) is 64.9 Å². The van der Waals surface area contributed by atoms with Gasteiger partial charge in [0.25, 0.3) is 5.91 Å². The number of hydrogen-bond donors (Lipinski definition) is 2. The second kappa shape index (κ2) is 21.1. The summed E-state index contributed by atoms with van der Waals surface area (Å²) in [7, 11) is 1.96. The number of rotatable bonds is 10. The van der Waals surface area contributed by atoms with Crippen molar-refractivity contribution in [3.8, 4) is 12.8 Å². The number of carbonyl (C=O) groups excluding carboxylic acids is 1. The highest BCUT2D eigenvalue weighted by Crippen LogP contribution is 2.36. The van der Waals surface area contributed by atoms with Gasteiger partial charge >= 0.3 is 24.9 Å². The molecule has 0 aliphatic carbocycles. The molecule has 1 atom stereocenters. The van der Waals surface area contributed by atoms with Gasteiger partial charge in [0, 0.05) is 12.1 Å². The van der Waals surface area contributed by atoms with E-state index in [0.29, 0.717) is 30.3 Å². The minimum absolute atomic E-state index is 0.0881. The van der Waals surface area contributed by atoms with Gasteiger partial charge in [0.1, 0.15) is 17.5 Å². The van der Waals surface area contributed by atoms with Crippen molar-refractivity contribution in [3.05, 3.63) is 141 Å². The summed E-state index contributed by atoms with van der Waals surface area (Å²) < 4.78 is 176. The zero-order valence-electron chi connectivity index (χ0n) is 29.5. The molecule has 0 heterocycles. The topological polar surface area (TPSA) is 50.4 Å². The van der Waals surface area contributed by atoms with E-state index in [0.717, 1.165) is 12.6 Å². The average Bonchev–Trinajstić information content (AvgIpc) is 3.12. The summed E-state index contributed by atoms with van der Waals surface area (Å²) >= 11 is 0. The lowest BCUT2D eigenvalue weighted by Gasteiger charge is -2.23. The Bertz CT molecular complexity index is 1840. The molecule has 0 aliphatic rings. The van der Waals surface area contributed by atoms with E-state index in [4.69, 9.17) is 0 Å². The third kappa shape index (κ3) is 14.6. The van der Waals surface area contributed by atoms with E-state index >= 15 is 0 Å². The number of alkyl halides is 10. The first-order valence-corrected chi connectivity index (χ1v) is 15.8. The van der Waals surface area contributed by atoms with E-state index in [1.807, 2.05) is 26.2 Å². The number of ether oxygens (including phenoxy) is 1.